The van der Waals surface area contributed by atoms with E-state index < -0.39 is 0 Å². The van der Waals surface area contributed by atoms with Gasteiger partial charge in [0.15, 0.2) is 0 Å². The zero-order valence-electron chi connectivity index (χ0n) is 8.75. The van der Waals surface area contributed by atoms with E-state index in [2.05, 4.69) is 25.1 Å². The van der Waals surface area contributed by atoms with Crippen LogP contribution < -0.4 is 0 Å². The van der Waals surface area contributed by atoms with E-state index >= 15 is 0 Å². The predicted octanol–water partition coefficient (Wildman–Crippen LogP) is 2.71. The summed E-state index contributed by atoms with van der Waals surface area (Å²) in [6.45, 7) is 3.92. The van der Waals surface area contributed by atoms with Gasteiger partial charge in [-0.15, -0.1) is 0 Å². The summed E-state index contributed by atoms with van der Waals surface area (Å²) in [6, 6.07) is 6.58. The molecule has 0 bridgehead atoms. The van der Waals surface area contributed by atoms with E-state index in [1.807, 2.05) is 6.08 Å². The summed E-state index contributed by atoms with van der Waals surface area (Å²) in [6.07, 6.45) is 3.82. The molecular weight excluding hydrogens is 172 g/mol. The summed E-state index contributed by atoms with van der Waals surface area (Å²) in [5.74, 6) is 0. The molecule has 1 aromatic rings. The molecule has 14 heavy (non-hydrogen) atoms. The number of hydrogen-bond donors (Lipinski definition) is 1. The molecule has 0 saturated heterocycles. The molecule has 1 aliphatic carbocycles. The fourth-order valence-corrected chi connectivity index (χ4v) is 2.08. The van der Waals surface area contributed by atoms with Crippen molar-refractivity contribution in [2.45, 2.75) is 32.8 Å². The molecule has 0 radical (unpaired) electrons. The molecular formula is C13H16O. The third-order valence-corrected chi connectivity index (χ3v) is 2.72. The highest BCUT2D eigenvalue weighted by Crippen LogP contribution is 2.32. The molecule has 74 valence electrons. The van der Waals surface area contributed by atoms with Crippen LogP contribution in [-0.4, -0.2) is 11.2 Å². The average molecular weight is 188 g/mol. The molecule has 2 rings (SSSR count). The van der Waals surface area contributed by atoms with Crippen LogP contribution in [-0.2, 0) is 6.42 Å². The Labute approximate surface area is 85.1 Å². The van der Waals surface area contributed by atoms with Gasteiger partial charge in [-0.25, -0.2) is 0 Å². The Hall–Kier alpha value is -1.08. The molecule has 0 saturated carbocycles. The standard InChI is InChI=1S/C13H16O/c1-9-3-4-11-5-6-12(8-10(2)14)13(11)7-9/h3-4,7-8,10,14H,5-6H2,1-2H3/b12-8-. The van der Waals surface area contributed by atoms with Gasteiger partial charge in [0.2, 0.25) is 0 Å². The first kappa shape index (κ1) is 9.47. The lowest BCUT2D eigenvalue weighted by molar-refractivity contribution is 0.244. The van der Waals surface area contributed by atoms with Gasteiger partial charge in [-0.05, 0) is 43.4 Å². The molecule has 1 atom stereocenters. The molecule has 0 fully saturated rings. The molecule has 1 aromatic carbocycles. The van der Waals surface area contributed by atoms with Crippen LogP contribution >= 0.6 is 0 Å². The Kier molecular flexibility index (Phi) is 2.42. The maximum atomic E-state index is 9.33. The lowest BCUT2D eigenvalue weighted by Crippen LogP contribution is -1.94. The topological polar surface area (TPSA) is 20.2 Å². The SMILES string of the molecule is Cc1ccc2c(c1)/C(=C\C(C)O)CC2. The van der Waals surface area contributed by atoms with Gasteiger partial charge in [0.25, 0.3) is 0 Å². The largest absolute Gasteiger partial charge is 0.389 e. The van der Waals surface area contributed by atoms with Gasteiger partial charge in [-0.1, -0.05) is 29.8 Å². The van der Waals surface area contributed by atoms with Crippen molar-refractivity contribution in [1.29, 1.82) is 0 Å². The van der Waals surface area contributed by atoms with Crippen LogP contribution in [0.1, 0.15) is 30.0 Å². The van der Waals surface area contributed by atoms with Crippen LogP contribution in [0.2, 0.25) is 0 Å². The minimum Gasteiger partial charge on any atom is -0.389 e. The summed E-state index contributed by atoms with van der Waals surface area (Å²) in [7, 11) is 0. The van der Waals surface area contributed by atoms with E-state index in [4.69, 9.17) is 0 Å². The Bertz CT molecular complexity index is 375. The molecule has 0 heterocycles. The van der Waals surface area contributed by atoms with Crippen molar-refractivity contribution in [3.8, 4) is 0 Å². The van der Waals surface area contributed by atoms with E-state index in [1.165, 1.54) is 22.3 Å². The molecule has 0 aliphatic heterocycles. The normalized spacial score (nSPS) is 19.8. The van der Waals surface area contributed by atoms with Crippen molar-refractivity contribution in [1.82, 2.24) is 0 Å². The van der Waals surface area contributed by atoms with Crippen molar-refractivity contribution in [2.24, 2.45) is 0 Å². The van der Waals surface area contributed by atoms with Crippen LogP contribution in [0.5, 0.6) is 0 Å². The lowest BCUT2D eigenvalue weighted by atomic mass is 10.0. The van der Waals surface area contributed by atoms with Crippen LogP contribution in [0.3, 0.4) is 0 Å². The Morgan fingerprint density at radius 3 is 2.86 bits per heavy atom. The number of aliphatic hydroxyl groups excluding tert-OH is 1. The van der Waals surface area contributed by atoms with Crippen molar-refractivity contribution in [2.75, 3.05) is 0 Å². The minimum absolute atomic E-state index is 0.337. The van der Waals surface area contributed by atoms with Crippen LogP contribution in [0.25, 0.3) is 5.57 Å². The van der Waals surface area contributed by atoms with Gasteiger partial charge >= 0.3 is 0 Å². The van der Waals surface area contributed by atoms with E-state index in [-0.39, 0.29) is 6.10 Å². The first-order valence-electron chi connectivity index (χ1n) is 5.15. The molecule has 1 aliphatic rings. The quantitative estimate of drug-likeness (QED) is 0.718. The summed E-state index contributed by atoms with van der Waals surface area (Å²) >= 11 is 0. The van der Waals surface area contributed by atoms with Crippen LogP contribution in [0, 0.1) is 6.92 Å². The fraction of sp³-hybridized carbons (Fsp3) is 0.385. The van der Waals surface area contributed by atoms with Gasteiger partial charge in [0.05, 0.1) is 6.10 Å². The van der Waals surface area contributed by atoms with E-state index in [9.17, 15) is 5.11 Å². The number of aryl methyl sites for hydroxylation is 2. The van der Waals surface area contributed by atoms with E-state index in [0.717, 1.165) is 12.8 Å². The number of allylic oxidation sites excluding steroid dienone is 1. The minimum atomic E-state index is -0.337. The monoisotopic (exact) mass is 188 g/mol. The lowest BCUT2D eigenvalue weighted by Gasteiger charge is -2.04. The van der Waals surface area contributed by atoms with E-state index in [0.29, 0.717) is 0 Å². The zero-order valence-corrected chi connectivity index (χ0v) is 8.75. The van der Waals surface area contributed by atoms with Gasteiger partial charge in [-0.2, -0.15) is 0 Å². The second-order valence-corrected chi connectivity index (χ2v) is 4.09. The summed E-state index contributed by atoms with van der Waals surface area (Å²) < 4.78 is 0. The highest BCUT2D eigenvalue weighted by atomic mass is 16.3. The number of aliphatic hydroxyl groups is 1. The Morgan fingerprint density at radius 1 is 1.36 bits per heavy atom. The maximum absolute atomic E-state index is 9.33. The van der Waals surface area contributed by atoms with Crippen molar-refractivity contribution < 1.29 is 5.11 Å². The van der Waals surface area contributed by atoms with Gasteiger partial charge < -0.3 is 5.11 Å². The first-order chi connectivity index (χ1) is 6.66. The van der Waals surface area contributed by atoms with Crippen LogP contribution in [0.4, 0.5) is 0 Å². The van der Waals surface area contributed by atoms with Crippen molar-refractivity contribution in [3.05, 3.63) is 41.0 Å². The Balaban J connectivity index is 2.43. The number of hydrogen-bond acceptors (Lipinski definition) is 1. The van der Waals surface area contributed by atoms with Crippen LogP contribution in [0.15, 0.2) is 24.3 Å². The second kappa shape index (κ2) is 3.58. The number of benzene rings is 1. The van der Waals surface area contributed by atoms with Crippen molar-refractivity contribution >= 4 is 5.57 Å². The molecule has 0 amide bonds. The smallest absolute Gasteiger partial charge is 0.0698 e. The Morgan fingerprint density at radius 2 is 2.14 bits per heavy atom. The molecule has 1 nitrogen and oxygen atoms in total. The van der Waals surface area contributed by atoms with Crippen molar-refractivity contribution in [3.63, 3.8) is 0 Å². The number of fused-ring (bicyclic) bond motifs is 1. The second-order valence-electron chi connectivity index (χ2n) is 4.09. The highest BCUT2D eigenvalue weighted by Gasteiger charge is 2.15. The first-order valence-corrected chi connectivity index (χ1v) is 5.15. The van der Waals surface area contributed by atoms with Gasteiger partial charge in [0.1, 0.15) is 0 Å². The van der Waals surface area contributed by atoms with Gasteiger partial charge in [-0.3, -0.25) is 0 Å². The van der Waals surface area contributed by atoms with Gasteiger partial charge in [0, 0.05) is 0 Å². The third-order valence-electron chi connectivity index (χ3n) is 2.72. The molecule has 0 spiro atoms. The molecule has 1 heteroatoms. The molecule has 0 aromatic heterocycles. The summed E-state index contributed by atoms with van der Waals surface area (Å²) in [5, 5.41) is 9.33. The number of rotatable bonds is 1. The fourth-order valence-electron chi connectivity index (χ4n) is 2.08. The summed E-state index contributed by atoms with van der Waals surface area (Å²) in [4.78, 5) is 0. The molecule has 1 N–H and O–H groups in total. The van der Waals surface area contributed by atoms with E-state index in [1.54, 1.807) is 6.92 Å². The third kappa shape index (κ3) is 1.73. The average Bonchev–Trinajstić information content (AvgIpc) is 2.47. The maximum Gasteiger partial charge on any atom is 0.0698 e. The highest BCUT2D eigenvalue weighted by molar-refractivity contribution is 5.73. The zero-order chi connectivity index (χ0) is 10.1. The molecule has 1 unspecified atom stereocenters. The predicted molar refractivity (Wildman–Crippen MR) is 59.2 cm³/mol. The summed E-state index contributed by atoms with van der Waals surface area (Å²) in [5.41, 5.74) is 5.36.